The average Bonchev–Trinajstić information content (AvgIpc) is 3.39. The number of rotatable bonds is 6. The second-order valence-corrected chi connectivity index (χ2v) is 8.47. The molecule has 0 aliphatic carbocycles. The van der Waals surface area contributed by atoms with E-state index in [4.69, 9.17) is 19.1 Å². The van der Waals surface area contributed by atoms with Crippen molar-refractivity contribution in [1.29, 1.82) is 0 Å². The minimum atomic E-state index is -0.151. The summed E-state index contributed by atoms with van der Waals surface area (Å²) in [5, 5.41) is 0. The number of nitrogens with zero attached hydrogens (tertiary/aromatic N) is 4. The van der Waals surface area contributed by atoms with Crippen molar-refractivity contribution < 1.29 is 13.9 Å². The average molecular weight is 455 g/mol. The number of aryl methyl sites for hydroxylation is 1. The predicted molar refractivity (Wildman–Crippen MR) is 129 cm³/mol. The van der Waals surface area contributed by atoms with E-state index in [2.05, 4.69) is 12.1 Å². The number of fused-ring (bicyclic) bond motifs is 1. The largest absolute Gasteiger partial charge is 0.459 e. The van der Waals surface area contributed by atoms with E-state index in [1.165, 1.54) is 11.8 Å². The van der Waals surface area contributed by atoms with Crippen LogP contribution >= 0.6 is 0 Å². The van der Waals surface area contributed by atoms with Gasteiger partial charge in [0.1, 0.15) is 5.75 Å². The second kappa shape index (κ2) is 9.39. The smallest absolute Gasteiger partial charge is 0.289 e. The molecule has 3 heterocycles. The Morgan fingerprint density at radius 3 is 2.71 bits per heavy atom. The molecule has 0 saturated carbocycles. The van der Waals surface area contributed by atoms with Crippen LogP contribution in [-0.2, 0) is 19.5 Å². The van der Waals surface area contributed by atoms with Crippen LogP contribution in [0.3, 0.4) is 0 Å². The lowest BCUT2D eigenvalue weighted by molar-refractivity contribution is 0.0699. The lowest BCUT2D eigenvalue weighted by Crippen LogP contribution is -2.37. The standard InChI is InChI=1S/C27H26N4O3/c1-19-8-6-11-21(16-19)34-25-22-18-31(26(32)24-12-7-15-33-24)14-13-23(22)28-27(29-25)30(2)17-20-9-4-3-5-10-20/h3-12,15-16H,13-14,17-18H2,1-2H3. The first kappa shape index (κ1) is 21.7. The van der Waals surface area contributed by atoms with E-state index in [1.807, 2.05) is 61.3 Å². The van der Waals surface area contributed by atoms with Gasteiger partial charge in [-0.1, -0.05) is 42.5 Å². The first-order valence-electron chi connectivity index (χ1n) is 11.3. The Morgan fingerprint density at radius 1 is 1.09 bits per heavy atom. The van der Waals surface area contributed by atoms with Crippen LogP contribution in [0.15, 0.2) is 77.4 Å². The Balaban J connectivity index is 1.48. The Morgan fingerprint density at radius 2 is 1.94 bits per heavy atom. The molecule has 2 aromatic heterocycles. The van der Waals surface area contributed by atoms with Gasteiger partial charge in [-0.25, -0.2) is 4.98 Å². The van der Waals surface area contributed by atoms with Gasteiger partial charge in [-0.3, -0.25) is 4.79 Å². The molecule has 0 atom stereocenters. The van der Waals surface area contributed by atoms with Gasteiger partial charge in [0.15, 0.2) is 5.76 Å². The molecule has 1 aliphatic heterocycles. The summed E-state index contributed by atoms with van der Waals surface area (Å²) in [6.45, 7) is 3.60. The van der Waals surface area contributed by atoms with Gasteiger partial charge < -0.3 is 19.0 Å². The molecular weight excluding hydrogens is 428 g/mol. The maximum Gasteiger partial charge on any atom is 0.289 e. The monoisotopic (exact) mass is 454 g/mol. The third-order valence-electron chi connectivity index (χ3n) is 5.84. The molecule has 7 heteroatoms. The summed E-state index contributed by atoms with van der Waals surface area (Å²) < 4.78 is 11.6. The maximum absolute atomic E-state index is 12.9. The molecule has 0 unspecified atom stereocenters. The van der Waals surface area contributed by atoms with Crippen molar-refractivity contribution in [2.75, 3.05) is 18.5 Å². The molecule has 5 rings (SSSR count). The van der Waals surface area contributed by atoms with Gasteiger partial charge in [0, 0.05) is 26.6 Å². The Bertz CT molecular complexity index is 1290. The second-order valence-electron chi connectivity index (χ2n) is 8.47. The predicted octanol–water partition coefficient (Wildman–Crippen LogP) is 5.01. The van der Waals surface area contributed by atoms with E-state index in [0.29, 0.717) is 49.4 Å². The number of ether oxygens (including phenoxy) is 1. The zero-order valence-corrected chi connectivity index (χ0v) is 19.3. The highest BCUT2D eigenvalue weighted by atomic mass is 16.5. The van der Waals surface area contributed by atoms with Gasteiger partial charge in [0.2, 0.25) is 11.8 Å². The van der Waals surface area contributed by atoms with Crippen molar-refractivity contribution in [3.63, 3.8) is 0 Å². The molecule has 0 N–H and O–H groups in total. The molecule has 34 heavy (non-hydrogen) atoms. The van der Waals surface area contributed by atoms with E-state index < -0.39 is 0 Å². The van der Waals surface area contributed by atoms with Crippen molar-refractivity contribution in [1.82, 2.24) is 14.9 Å². The van der Waals surface area contributed by atoms with E-state index in [0.717, 1.165) is 16.8 Å². The van der Waals surface area contributed by atoms with Crippen molar-refractivity contribution in [3.8, 4) is 11.6 Å². The van der Waals surface area contributed by atoms with E-state index in [9.17, 15) is 4.79 Å². The lowest BCUT2D eigenvalue weighted by atomic mass is 10.1. The van der Waals surface area contributed by atoms with Crippen LogP contribution in [0.5, 0.6) is 11.6 Å². The minimum Gasteiger partial charge on any atom is -0.459 e. The molecule has 0 radical (unpaired) electrons. The Kier molecular flexibility index (Phi) is 5.99. The van der Waals surface area contributed by atoms with Crippen LogP contribution < -0.4 is 9.64 Å². The molecule has 1 amide bonds. The highest BCUT2D eigenvalue weighted by Gasteiger charge is 2.29. The molecule has 0 bridgehead atoms. The summed E-state index contributed by atoms with van der Waals surface area (Å²) in [5.74, 6) is 1.94. The number of hydrogen-bond donors (Lipinski definition) is 0. The van der Waals surface area contributed by atoms with Gasteiger partial charge >= 0.3 is 0 Å². The summed E-state index contributed by atoms with van der Waals surface area (Å²) in [6, 6.07) is 21.5. The SMILES string of the molecule is Cc1cccc(Oc2nc(N(C)Cc3ccccc3)nc3c2CN(C(=O)c2ccco2)CC3)c1. The number of anilines is 1. The first-order valence-corrected chi connectivity index (χ1v) is 11.3. The zero-order valence-electron chi connectivity index (χ0n) is 19.3. The topological polar surface area (TPSA) is 71.7 Å². The summed E-state index contributed by atoms with van der Waals surface area (Å²) in [4.78, 5) is 26.3. The van der Waals surface area contributed by atoms with Crippen molar-refractivity contribution >= 4 is 11.9 Å². The zero-order chi connectivity index (χ0) is 23.5. The molecule has 0 fully saturated rings. The lowest BCUT2D eigenvalue weighted by Gasteiger charge is -2.29. The molecular formula is C27H26N4O3. The fraction of sp³-hybridized carbons (Fsp3) is 0.222. The quantitative estimate of drug-likeness (QED) is 0.408. The number of furan rings is 1. The molecule has 7 nitrogen and oxygen atoms in total. The van der Waals surface area contributed by atoms with Gasteiger partial charge in [-0.05, 0) is 42.3 Å². The van der Waals surface area contributed by atoms with Crippen molar-refractivity contribution in [3.05, 3.63) is 101 Å². The van der Waals surface area contributed by atoms with Crippen LogP contribution in [0.1, 0.15) is 32.9 Å². The molecule has 4 aromatic rings. The van der Waals surface area contributed by atoms with Gasteiger partial charge in [-0.2, -0.15) is 4.98 Å². The number of benzene rings is 2. The number of carbonyl (C=O) groups excluding carboxylic acids is 1. The normalized spacial score (nSPS) is 12.8. The van der Waals surface area contributed by atoms with Crippen molar-refractivity contribution in [2.24, 2.45) is 0 Å². The fourth-order valence-corrected chi connectivity index (χ4v) is 4.07. The van der Waals surface area contributed by atoms with Crippen LogP contribution in [-0.4, -0.2) is 34.4 Å². The van der Waals surface area contributed by atoms with Gasteiger partial charge in [0.05, 0.1) is 24.1 Å². The van der Waals surface area contributed by atoms with Crippen LogP contribution in [0, 0.1) is 6.92 Å². The number of aromatic nitrogens is 2. The number of amides is 1. The summed E-state index contributed by atoms with van der Waals surface area (Å²) in [5.41, 5.74) is 3.99. The minimum absolute atomic E-state index is 0.151. The number of carbonyl (C=O) groups is 1. The van der Waals surface area contributed by atoms with Crippen molar-refractivity contribution in [2.45, 2.75) is 26.4 Å². The highest BCUT2D eigenvalue weighted by Crippen LogP contribution is 2.32. The maximum atomic E-state index is 12.9. The third kappa shape index (κ3) is 4.64. The van der Waals surface area contributed by atoms with Crippen LogP contribution in [0.2, 0.25) is 0 Å². The molecule has 2 aromatic carbocycles. The fourth-order valence-electron chi connectivity index (χ4n) is 4.07. The Labute approximate surface area is 198 Å². The summed E-state index contributed by atoms with van der Waals surface area (Å²) in [6.07, 6.45) is 2.12. The van der Waals surface area contributed by atoms with E-state index in [-0.39, 0.29) is 5.91 Å². The molecule has 1 aliphatic rings. The summed E-state index contributed by atoms with van der Waals surface area (Å²) >= 11 is 0. The first-order chi connectivity index (χ1) is 16.6. The third-order valence-corrected chi connectivity index (χ3v) is 5.84. The van der Waals surface area contributed by atoms with Gasteiger partial charge in [-0.15, -0.1) is 0 Å². The Hall–Kier alpha value is -4.13. The molecule has 0 spiro atoms. The van der Waals surface area contributed by atoms with Gasteiger partial charge in [0.25, 0.3) is 5.91 Å². The van der Waals surface area contributed by atoms with Crippen LogP contribution in [0.25, 0.3) is 0 Å². The van der Waals surface area contributed by atoms with Crippen LogP contribution in [0.4, 0.5) is 5.95 Å². The van der Waals surface area contributed by atoms with E-state index >= 15 is 0 Å². The molecule has 172 valence electrons. The number of hydrogen-bond acceptors (Lipinski definition) is 6. The highest BCUT2D eigenvalue weighted by molar-refractivity contribution is 5.91. The summed E-state index contributed by atoms with van der Waals surface area (Å²) in [7, 11) is 1.97. The van der Waals surface area contributed by atoms with E-state index in [1.54, 1.807) is 17.0 Å². The molecule has 0 saturated heterocycles.